The van der Waals surface area contributed by atoms with Crippen LogP contribution < -0.4 is 14.2 Å². The number of aliphatic hydroxyl groups excluding tert-OH is 1. The van der Waals surface area contributed by atoms with Gasteiger partial charge in [0.25, 0.3) is 0 Å². The molecule has 0 spiro atoms. The normalized spacial score (nSPS) is 11.9. The Kier molecular flexibility index (Phi) is 13.7. The molecule has 0 amide bonds. The summed E-state index contributed by atoms with van der Waals surface area (Å²) in [5.74, 6) is -2.09. The number of aryl methyl sites for hydroxylation is 1. The van der Waals surface area contributed by atoms with Crippen molar-refractivity contribution in [2.45, 2.75) is 38.2 Å². The summed E-state index contributed by atoms with van der Waals surface area (Å²) in [5, 5.41) is 39.2. The molecule has 0 saturated carbocycles. The molecule has 292 valence electrons. The van der Waals surface area contributed by atoms with Crippen molar-refractivity contribution in [2.24, 2.45) is 0 Å². The Hall–Kier alpha value is -5.96. The van der Waals surface area contributed by atoms with E-state index >= 15 is 0 Å². The maximum Gasteiger partial charge on any atom is 0.304 e. The van der Waals surface area contributed by atoms with E-state index in [-0.39, 0.29) is 31.1 Å². The number of hydrogen-bond donors (Lipinski definition) is 4. The van der Waals surface area contributed by atoms with Crippen molar-refractivity contribution in [3.63, 3.8) is 0 Å². The van der Waals surface area contributed by atoms with Gasteiger partial charge in [0, 0.05) is 27.6 Å². The van der Waals surface area contributed by atoms with E-state index in [0.717, 1.165) is 21.0 Å². The molecule has 6 rings (SSSR count). The van der Waals surface area contributed by atoms with Crippen LogP contribution >= 0.6 is 22.9 Å². The number of hydrogen-bond acceptors (Lipinski definition) is 11. The molecule has 0 bridgehead atoms. The van der Waals surface area contributed by atoms with E-state index in [1.54, 1.807) is 61.8 Å². The Morgan fingerprint density at radius 3 is 2.05 bits per heavy atom. The summed E-state index contributed by atoms with van der Waals surface area (Å²) in [6.07, 6.45) is 4.07. The topological polar surface area (TPSA) is 182 Å². The molecule has 12 nitrogen and oxygen atoms in total. The van der Waals surface area contributed by atoms with Crippen LogP contribution in [0.25, 0.3) is 22.3 Å². The van der Waals surface area contributed by atoms with Crippen molar-refractivity contribution in [1.29, 1.82) is 0 Å². The number of aromatic hydroxyl groups is 1. The maximum absolute atomic E-state index is 14.5. The lowest BCUT2D eigenvalue weighted by Gasteiger charge is -2.18. The third kappa shape index (κ3) is 10.0. The average molecular weight is 805 g/mol. The first-order valence-corrected chi connectivity index (χ1v) is 18.1. The maximum atomic E-state index is 14.5. The van der Waals surface area contributed by atoms with E-state index in [1.807, 2.05) is 13.0 Å². The third-order valence-corrected chi connectivity index (χ3v) is 9.86. The number of aromatic nitrogens is 2. The van der Waals surface area contributed by atoms with Gasteiger partial charge in [-0.25, -0.2) is 14.4 Å². The van der Waals surface area contributed by atoms with Crippen LogP contribution in [0, 0.1) is 12.7 Å². The van der Waals surface area contributed by atoms with Crippen molar-refractivity contribution < 1.29 is 53.0 Å². The van der Waals surface area contributed by atoms with Gasteiger partial charge < -0.3 is 39.1 Å². The number of aliphatic carboxylic acids is 2. The predicted molar refractivity (Wildman–Crippen MR) is 208 cm³/mol. The lowest BCUT2D eigenvalue weighted by atomic mass is 9.91. The van der Waals surface area contributed by atoms with Gasteiger partial charge in [-0.1, -0.05) is 17.7 Å². The first kappa shape index (κ1) is 41.2. The molecule has 4 N–H and O–H groups in total. The van der Waals surface area contributed by atoms with E-state index < -0.39 is 29.6 Å². The second-order valence-corrected chi connectivity index (χ2v) is 14.1. The Labute approximate surface area is 330 Å². The fourth-order valence-corrected chi connectivity index (χ4v) is 7.32. The molecular weight excluding hydrogens is 767 g/mol. The highest BCUT2D eigenvalue weighted by Crippen LogP contribution is 2.42. The number of carboxylic acid groups (broad SMARTS) is 2. The molecule has 15 heteroatoms. The van der Waals surface area contributed by atoms with Crippen molar-refractivity contribution >= 4 is 34.9 Å². The van der Waals surface area contributed by atoms with Crippen LogP contribution in [-0.2, 0) is 16.2 Å². The minimum Gasteiger partial charge on any atom is -0.508 e. The monoisotopic (exact) mass is 804 g/mol. The van der Waals surface area contributed by atoms with Gasteiger partial charge in [0.05, 0.1) is 58.5 Å². The number of rotatable bonds is 14. The number of oxazole rings is 1. The Balaban J connectivity index is 0.000000215. The third-order valence-electron chi connectivity index (χ3n) is 8.62. The highest BCUT2D eigenvalue weighted by molar-refractivity contribution is 7.11. The molecule has 0 saturated heterocycles. The minimum atomic E-state index is -1.07. The molecule has 2 unspecified atom stereocenters. The quantitative estimate of drug-likeness (QED) is 0.0824. The van der Waals surface area contributed by atoms with Gasteiger partial charge >= 0.3 is 11.9 Å². The number of benzene rings is 4. The Bertz CT molecular complexity index is 2290. The number of methoxy groups -OCH3 is 3. The fraction of sp³-hybridized carbons (Fsp3) is 0.220. The van der Waals surface area contributed by atoms with Gasteiger partial charge in [-0.15, -0.1) is 11.3 Å². The fourth-order valence-electron chi connectivity index (χ4n) is 6.17. The zero-order chi connectivity index (χ0) is 40.5. The summed E-state index contributed by atoms with van der Waals surface area (Å²) in [5.41, 5.74) is 4.02. The minimum absolute atomic E-state index is 0.0933. The van der Waals surface area contributed by atoms with Crippen LogP contribution in [0.2, 0.25) is 5.02 Å². The lowest BCUT2D eigenvalue weighted by Crippen LogP contribution is -2.09. The summed E-state index contributed by atoms with van der Waals surface area (Å²) in [6, 6.07) is 17.7. The van der Waals surface area contributed by atoms with E-state index in [4.69, 9.17) is 30.2 Å². The summed E-state index contributed by atoms with van der Waals surface area (Å²) in [7, 11) is 4.46. The van der Waals surface area contributed by atoms with Crippen LogP contribution in [-0.4, -0.2) is 63.7 Å². The smallest absolute Gasteiger partial charge is 0.304 e. The zero-order valence-electron chi connectivity index (χ0n) is 30.7. The first-order valence-electron chi connectivity index (χ1n) is 16.9. The lowest BCUT2D eigenvalue weighted by molar-refractivity contribution is -0.138. The van der Waals surface area contributed by atoms with Gasteiger partial charge in [-0.2, -0.15) is 0 Å². The molecule has 0 aliphatic heterocycles. The van der Waals surface area contributed by atoms with E-state index in [0.29, 0.717) is 50.1 Å². The van der Waals surface area contributed by atoms with Crippen molar-refractivity contribution in [2.75, 3.05) is 21.3 Å². The second-order valence-electron chi connectivity index (χ2n) is 12.4. The highest BCUT2D eigenvalue weighted by atomic mass is 35.5. The predicted octanol–water partition coefficient (Wildman–Crippen LogP) is 8.69. The molecule has 2 atom stereocenters. The Morgan fingerprint density at radius 1 is 0.839 bits per heavy atom. The van der Waals surface area contributed by atoms with E-state index in [1.165, 1.54) is 50.1 Å². The summed E-state index contributed by atoms with van der Waals surface area (Å²) in [6.45, 7) is 1.71. The van der Waals surface area contributed by atoms with Crippen LogP contribution in [0.1, 0.15) is 57.1 Å². The van der Waals surface area contributed by atoms with Crippen LogP contribution in [0.3, 0.4) is 0 Å². The SMILES string of the molecule is COc1cc(CO)cc(OC)c1-c1cc(F)cc(C(CC(=O)O)c2ncco2)c1.COc1ccc(O)cc1-c1cc(Cl)cc(C(CC(=O)O)c2ncc(C)s2)c1. The number of phenols is 1. The number of aliphatic hydroxyl groups is 1. The molecule has 2 heterocycles. The number of carboxylic acids is 2. The van der Waals surface area contributed by atoms with Crippen LogP contribution in [0.5, 0.6) is 23.0 Å². The molecular formula is C41H38ClFN2O10S. The Morgan fingerprint density at radius 2 is 1.48 bits per heavy atom. The standard InChI is InChI=1S/C21H20FNO6.C20H18ClNO4S/c1-27-17-5-12(11-24)6-18(28-2)20(17)14-7-13(8-15(22)9-14)16(10-19(25)26)21-23-3-4-29-21;1-11-10-22-20(27-11)17(9-19(24)25)13-5-12(6-14(21)7-13)16-8-15(23)3-4-18(16)26-2/h3-9,16,24H,10-11H2,1-2H3,(H,25,26);3-8,10,17,23H,9H2,1-2H3,(H,24,25). The summed E-state index contributed by atoms with van der Waals surface area (Å²) >= 11 is 7.81. The number of phenolic OH excluding ortho intramolecular Hbond substituents is 1. The number of halogens is 2. The van der Waals surface area contributed by atoms with Crippen molar-refractivity contribution in [3.8, 4) is 45.3 Å². The van der Waals surface area contributed by atoms with Crippen molar-refractivity contribution in [1.82, 2.24) is 9.97 Å². The molecule has 2 aromatic heterocycles. The molecule has 0 fully saturated rings. The molecule has 56 heavy (non-hydrogen) atoms. The van der Waals surface area contributed by atoms with Gasteiger partial charge in [0.1, 0.15) is 40.1 Å². The van der Waals surface area contributed by atoms with Gasteiger partial charge in [0.2, 0.25) is 5.89 Å². The number of carbonyl (C=O) groups is 2. The van der Waals surface area contributed by atoms with Gasteiger partial charge in [-0.05, 0) is 95.4 Å². The second kappa shape index (κ2) is 18.6. The number of nitrogens with zero attached hydrogens (tertiary/aromatic N) is 2. The number of thiazole rings is 1. The first-order chi connectivity index (χ1) is 26.8. The van der Waals surface area contributed by atoms with Crippen LogP contribution in [0.4, 0.5) is 4.39 Å². The average Bonchev–Trinajstić information content (AvgIpc) is 3.87. The molecule has 6 aromatic rings. The molecule has 4 aromatic carbocycles. The van der Waals surface area contributed by atoms with E-state index in [2.05, 4.69) is 9.97 Å². The highest BCUT2D eigenvalue weighted by Gasteiger charge is 2.26. The van der Waals surface area contributed by atoms with Gasteiger partial charge in [0.15, 0.2) is 0 Å². The number of ether oxygens (including phenoxy) is 3. The zero-order valence-corrected chi connectivity index (χ0v) is 32.2. The molecule has 0 radical (unpaired) electrons. The molecule has 0 aliphatic rings. The van der Waals surface area contributed by atoms with Crippen LogP contribution in [0.15, 0.2) is 89.8 Å². The van der Waals surface area contributed by atoms with Gasteiger partial charge in [-0.3, -0.25) is 9.59 Å². The summed E-state index contributed by atoms with van der Waals surface area (Å²) in [4.78, 5) is 32.2. The largest absolute Gasteiger partial charge is 0.508 e. The van der Waals surface area contributed by atoms with Crippen molar-refractivity contribution in [3.05, 3.63) is 129 Å². The summed E-state index contributed by atoms with van der Waals surface area (Å²) < 4.78 is 36.1. The molecule has 0 aliphatic carbocycles. The van der Waals surface area contributed by atoms with E-state index in [9.17, 15) is 34.4 Å².